The molecule has 0 amide bonds. The van der Waals surface area contributed by atoms with Gasteiger partial charge in [-0.1, -0.05) is 18.2 Å². The molecule has 146 valence electrons. The normalized spacial score (nSPS) is 11.7. The van der Waals surface area contributed by atoms with Crippen LogP contribution in [0.3, 0.4) is 0 Å². The molecule has 29 heavy (non-hydrogen) atoms. The second-order valence-electron chi connectivity index (χ2n) is 5.98. The average Bonchev–Trinajstić information content (AvgIpc) is 3.13. The van der Waals surface area contributed by atoms with Gasteiger partial charge in [-0.15, -0.1) is 0 Å². The number of halogens is 3. The summed E-state index contributed by atoms with van der Waals surface area (Å²) in [5.41, 5.74) is -1.22. The van der Waals surface area contributed by atoms with Crippen molar-refractivity contribution in [3.8, 4) is 17.1 Å². The highest BCUT2D eigenvalue weighted by Crippen LogP contribution is 2.33. The Morgan fingerprint density at radius 1 is 1.10 bits per heavy atom. The van der Waals surface area contributed by atoms with Crippen LogP contribution >= 0.6 is 0 Å². The molecule has 1 N–H and O–H groups in total. The van der Waals surface area contributed by atoms with Crippen molar-refractivity contribution in [2.75, 3.05) is 0 Å². The fourth-order valence-electron chi connectivity index (χ4n) is 2.80. The van der Waals surface area contributed by atoms with Crippen LogP contribution in [0, 0.1) is 0 Å². The van der Waals surface area contributed by atoms with E-state index in [2.05, 4.69) is 9.97 Å². The number of carbonyl (C=O) groups is 1. The second-order valence-corrected chi connectivity index (χ2v) is 5.98. The van der Waals surface area contributed by atoms with Crippen molar-refractivity contribution >= 4 is 16.9 Å². The van der Waals surface area contributed by atoms with Crippen LogP contribution < -0.4 is 5.56 Å². The standard InChI is InChI=1S/C19H10F3N3O4/c20-19(21,22)12-5-3-11(4-6-12)14-15(24-16(29-14)18(27)28)25-9-7-10-2-1-8-23-13(10)17(25)26/h1-9H,(H,27,28). The number of hydrogen-bond acceptors (Lipinski definition) is 5. The largest absolute Gasteiger partial charge is 0.474 e. The quantitative estimate of drug-likeness (QED) is 0.561. The van der Waals surface area contributed by atoms with Crippen LogP contribution in [-0.4, -0.2) is 25.6 Å². The van der Waals surface area contributed by atoms with Gasteiger partial charge in [0.2, 0.25) is 0 Å². The smallest absolute Gasteiger partial charge is 0.416 e. The van der Waals surface area contributed by atoms with E-state index in [9.17, 15) is 27.9 Å². The van der Waals surface area contributed by atoms with Gasteiger partial charge in [-0.25, -0.2) is 4.79 Å². The first-order valence-corrected chi connectivity index (χ1v) is 8.14. The van der Waals surface area contributed by atoms with E-state index in [0.29, 0.717) is 5.39 Å². The van der Waals surface area contributed by atoms with Crippen molar-refractivity contribution < 1.29 is 27.5 Å². The van der Waals surface area contributed by atoms with Gasteiger partial charge in [0.1, 0.15) is 5.52 Å². The van der Waals surface area contributed by atoms with Crippen molar-refractivity contribution in [1.82, 2.24) is 14.5 Å². The van der Waals surface area contributed by atoms with Crippen molar-refractivity contribution in [2.24, 2.45) is 0 Å². The van der Waals surface area contributed by atoms with E-state index in [-0.39, 0.29) is 22.7 Å². The number of hydrogen-bond donors (Lipinski definition) is 1. The zero-order valence-electron chi connectivity index (χ0n) is 14.3. The molecule has 0 saturated carbocycles. The summed E-state index contributed by atoms with van der Waals surface area (Å²) in [5, 5.41) is 9.77. The zero-order valence-corrected chi connectivity index (χ0v) is 14.3. The first-order chi connectivity index (χ1) is 13.8. The molecule has 1 aromatic carbocycles. The third-order valence-corrected chi connectivity index (χ3v) is 4.16. The van der Waals surface area contributed by atoms with Gasteiger partial charge >= 0.3 is 18.0 Å². The van der Waals surface area contributed by atoms with Crippen molar-refractivity contribution in [3.05, 3.63) is 76.7 Å². The molecule has 0 aliphatic carbocycles. The van der Waals surface area contributed by atoms with Gasteiger partial charge in [-0.3, -0.25) is 14.3 Å². The summed E-state index contributed by atoms with van der Waals surface area (Å²) < 4.78 is 44.7. The zero-order chi connectivity index (χ0) is 20.8. The van der Waals surface area contributed by atoms with E-state index in [4.69, 9.17) is 4.42 Å². The molecule has 0 atom stereocenters. The van der Waals surface area contributed by atoms with Gasteiger partial charge in [0.25, 0.3) is 5.56 Å². The van der Waals surface area contributed by atoms with Gasteiger partial charge in [-0.05, 0) is 24.3 Å². The number of nitrogens with zero attached hydrogens (tertiary/aromatic N) is 3. The molecule has 0 radical (unpaired) electrons. The number of carboxylic acid groups (broad SMARTS) is 1. The van der Waals surface area contributed by atoms with Crippen molar-refractivity contribution in [3.63, 3.8) is 0 Å². The summed E-state index contributed by atoms with van der Waals surface area (Å²) in [5.74, 6) is -2.52. The lowest BCUT2D eigenvalue weighted by Gasteiger charge is -2.08. The Morgan fingerprint density at radius 3 is 2.48 bits per heavy atom. The van der Waals surface area contributed by atoms with E-state index in [1.807, 2.05) is 0 Å². The van der Waals surface area contributed by atoms with Crippen molar-refractivity contribution in [1.29, 1.82) is 0 Å². The number of oxazole rings is 1. The van der Waals surface area contributed by atoms with Crippen LogP contribution in [0.25, 0.3) is 28.0 Å². The molecule has 0 fully saturated rings. The highest BCUT2D eigenvalue weighted by atomic mass is 19.4. The summed E-state index contributed by atoms with van der Waals surface area (Å²) in [6.45, 7) is 0. The number of aromatic carboxylic acids is 1. The third-order valence-electron chi connectivity index (χ3n) is 4.16. The number of carboxylic acids is 1. The Hall–Kier alpha value is -3.95. The molecule has 0 spiro atoms. The molecule has 0 bridgehead atoms. The highest BCUT2D eigenvalue weighted by Gasteiger charge is 2.30. The molecule has 4 rings (SSSR count). The highest BCUT2D eigenvalue weighted by molar-refractivity contribution is 5.84. The first-order valence-electron chi connectivity index (χ1n) is 8.14. The Balaban J connectivity index is 1.92. The fourth-order valence-corrected chi connectivity index (χ4v) is 2.80. The van der Waals surface area contributed by atoms with Crippen LogP contribution in [0.15, 0.2) is 64.1 Å². The van der Waals surface area contributed by atoms with Gasteiger partial charge in [0.05, 0.1) is 5.56 Å². The molecule has 3 aromatic heterocycles. The Kier molecular flexibility index (Phi) is 4.18. The lowest BCUT2D eigenvalue weighted by molar-refractivity contribution is -0.137. The molecule has 7 nitrogen and oxygen atoms in total. The Bertz CT molecular complexity index is 1290. The number of pyridine rings is 2. The number of alkyl halides is 3. The molecule has 0 unspecified atom stereocenters. The minimum atomic E-state index is -4.53. The SMILES string of the molecule is O=C(O)c1nc(-n2ccc3cccnc3c2=O)c(-c2ccc(C(F)(F)F)cc2)o1. The summed E-state index contributed by atoms with van der Waals surface area (Å²) in [7, 11) is 0. The van der Waals surface area contributed by atoms with E-state index < -0.39 is 29.2 Å². The van der Waals surface area contributed by atoms with E-state index in [1.165, 1.54) is 12.4 Å². The van der Waals surface area contributed by atoms with Gasteiger partial charge in [-0.2, -0.15) is 18.2 Å². The van der Waals surface area contributed by atoms with E-state index in [0.717, 1.165) is 28.8 Å². The van der Waals surface area contributed by atoms with Crippen LogP contribution in [0.1, 0.15) is 16.2 Å². The maximum Gasteiger partial charge on any atom is 0.416 e. The van der Waals surface area contributed by atoms with Crippen LogP contribution in [0.5, 0.6) is 0 Å². The van der Waals surface area contributed by atoms with E-state index >= 15 is 0 Å². The van der Waals surface area contributed by atoms with Crippen LogP contribution in [0.4, 0.5) is 13.2 Å². The number of rotatable bonds is 3. The van der Waals surface area contributed by atoms with Gasteiger partial charge in [0, 0.05) is 23.3 Å². The Morgan fingerprint density at radius 2 is 1.83 bits per heavy atom. The third kappa shape index (κ3) is 3.24. The summed E-state index contributed by atoms with van der Waals surface area (Å²) >= 11 is 0. The summed E-state index contributed by atoms with van der Waals surface area (Å²) in [6.07, 6.45) is -1.74. The molecule has 0 aliphatic rings. The lowest BCUT2D eigenvalue weighted by Crippen LogP contribution is -2.19. The molecule has 10 heteroatoms. The minimum Gasteiger partial charge on any atom is -0.474 e. The summed E-state index contributed by atoms with van der Waals surface area (Å²) in [4.78, 5) is 32.0. The number of aromatic nitrogens is 3. The molecule has 0 aliphatic heterocycles. The monoisotopic (exact) mass is 401 g/mol. The Labute approximate surface area is 159 Å². The summed E-state index contributed by atoms with van der Waals surface area (Å²) in [6, 6.07) is 8.79. The van der Waals surface area contributed by atoms with Crippen LogP contribution in [0.2, 0.25) is 0 Å². The van der Waals surface area contributed by atoms with E-state index in [1.54, 1.807) is 18.2 Å². The maximum absolute atomic E-state index is 12.8. The second kappa shape index (κ2) is 6.59. The molecular formula is C19H10F3N3O4. The molecule has 4 aromatic rings. The lowest BCUT2D eigenvalue weighted by atomic mass is 10.1. The molecule has 3 heterocycles. The van der Waals surface area contributed by atoms with Gasteiger partial charge in [0.15, 0.2) is 11.6 Å². The predicted molar refractivity (Wildman–Crippen MR) is 94.8 cm³/mol. The number of fused-ring (bicyclic) bond motifs is 1. The fraction of sp³-hybridized carbons (Fsp3) is 0.0526. The predicted octanol–water partition coefficient (Wildman–Crippen LogP) is 3.76. The average molecular weight is 401 g/mol. The minimum absolute atomic E-state index is 0.119. The molecule has 0 saturated heterocycles. The first kappa shape index (κ1) is 18.4. The number of benzene rings is 1. The topological polar surface area (TPSA) is 98.2 Å². The van der Waals surface area contributed by atoms with Gasteiger partial charge < -0.3 is 9.52 Å². The molecular weight excluding hydrogens is 391 g/mol. The van der Waals surface area contributed by atoms with Crippen LogP contribution in [-0.2, 0) is 6.18 Å². The maximum atomic E-state index is 12.8. The van der Waals surface area contributed by atoms with Crippen molar-refractivity contribution in [2.45, 2.75) is 6.18 Å².